The van der Waals surface area contributed by atoms with Crippen LogP contribution in [0.4, 0.5) is 15.9 Å². The minimum atomic E-state index is -0.193. The number of nitrogens with zero attached hydrogens (tertiary/aromatic N) is 2. The van der Waals surface area contributed by atoms with Gasteiger partial charge in [-0.15, -0.1) is 0 Å². The van der Waals surface area contributed by atoms with Crippen LogP contribution in [0.5, 0.6) is 0 Å². The lowest BCUT2D eigenvalue weighted by atomic mass is 10.2. The summed E-state index contributed by atoms with van der Waals surface area (Å²) in [4.78, 5) is 6.41. The van der Waals surface area contributed by atoms with Crippen LogP contribution in [0.2, 0.25) is 0 Å². The molecule has 0 bridgehead atoms. The maximum absolute atomic E-state index is 13.3. The number of pyridine rings is 1. The van der Waals surface area contributed by atoms with Crippen LogP contribution in [0.3, 0.4) is 0 Å². The number of aromatic nitrogens is 1. The quantitative estimate of drug-likeness (QED) is 0.880. The van der Waals surface area contributed by atoms with Crippen molar-refractivity contribution in [3.63, 3.8) is 0 Å². The van der Waals surface area contributed by atoms with Crippen LogP contribution in [-0.2, 0) is 13.0 Å². The minimum Gasteiger partial charge on any atom is -0.384 e. The number of benzene rings is 1. The first kappa shape index (κ1) is 11.0. The Kier molecular flexibility index (Phi) is 2.63. The normalized spacial score (nSPS) is 13.7. The molecule has 0 fully saturated rings. The number of nitrogen functional groups attached to an aromatic ring is 1. The molecule has 0 unspecified atom stereocenters. The molecule has 0 saturated heterocycles. The van der Waals surface area contributed by atoms with Crippen molar-refractivity contribution in [1.82, 2.24) is 4.98 Å². The minimum absolute atomic E-state index is 0.193. The molecule has 0 aliphatic carbocycles. The van der Waals surface area contributed by atoms with E-state index in [0.29, 0.717) is 12.4 Å². The van der Waals surface area contributed by atoms with Crippen LogP contribution in [-0.4, -0.2) is 11.5 Å². The molecule has 1 aliphatic heterocycles. The van der Waals surface area contributed by atoms with Crippen LogP contribution in [0.15, 0.2) is 36.4 Å². The molecular weight excluding hydrogens is 229 g/mol. The second-order valence-corrected chi connectivity index (χ2v) is 4.50. The molecule has 2 aromatic rings. The SMILES string of the molecule is Nc1cccc(CN2CCc3ccc(F)cc32)n1. The molecule has 1 aromatic heterocycles. The Labute approximate surface area is 105 Å². The van der Waals surface area contributed by atoms with Crippen molar-refractivity contribution in [2.24, 2.45) is 0 Å². The zero-order chi connectivity index (χ0) is 12.5. The molecule has 0 spiro atoms. The largest absolute Gasteiger partial charge is 0.384 e. The topological polar surface area (TPSA) is 42.1 Å². The highest BCUT2D eigenvalue weighted by Gasteiger charge is 2.19. The molecule has 0 saturated carbocycles. The van der Waals surface area contributed by atoms with Gasteiger partial charge >= 0.3 is 0 Å². The molecule has 3 rings (SSSR count). The van der Waals surface area contributed by atoms with E-state index >= 15 is 0 Å². The van der Waals surface area contributed by atoms with Crippen molar-refractivity contribution in [3.8, 4) is 0 Å². The summed E-state index contributed by atoms with van der Waals surface area (Å²) < 4.78 is 13.3. The number of hydrogen-bond acceptors (Lipinski definition) is 3. The van der Waals surface area contributed by atoms with Gasteiger partial charge in [-0.05, 0) is 36.2 Å². The lowest BCUT2D eigenvalue weighted by Crippen LogP contribution is -2.20. The van der Waals surface area contributed by atoms with Gasteiger partial charge in [0, 0.05) is 12.2 Å². The number of hydrogen-bond donors (Lipinski definition) is 1. The first-order chi connectivity index (χ1) is 8.72. The monoisotopic (exact) mass is 243 g/mol. The second-order valence-electron chi connectivity index (χ2n) is 4.50. The van der Waals surface area contributed by atoms with E-state index in [-0.39, 0.29) is 5.82 Å². The van der Waals surface area contributed by atoms with Crippen molar-refractivity contribution in [2.75, 3.05) is 17.2 Å². The average molecular weight is 243 g/mol. The molecule has 0 atom stereocenters. The summed E-state index contributed by atoms with van der Waals surface area (Å²) in [6, 6.07) is 10.6. The number of anilines is 2. The van der Waals surface area contributed by atoms with E-state index in [1.54, 1.807) is 12.1 Å². The van der Waals surface area contributed by atoms with Crippen LogP contribution in [0, 0.1) is 5.82 Å². The smallest absolute Gasteiger partial charge is 0.125 e. The predicted octanol–water partition coefficient (Wildman–Crippen LogP) is 2.37. The van der Waals surface area contributed by atoms with Crippen molar-refractivity contribution in [1.29, 1.82) is 0 Å². The van der Waals surface area contributed by atoms with Gasteiger partial charge in [0.1, 0.15) is 11.6 Å². The summed E-state index contributed by atoms with van der Waals surface area (Å²) in [5.41, 5.74) is 8.74. The highest BCUT2D eigenvalue weighted by atomic mass is 19.1. The van der Waals surface area contributed by atoms with Crippen molar-refractivity contribution in [2.45, 2.75) is 13.0 Å². The molecule has 18 heavy (non-hydrogen) atoms. The van der Waals surface area contributed by atoms with Crippen LogP contribution >= 0.6 is 0 Å². The van der Waals surface area contributed by atoms with Crippen molar-refractivity contribution >= 4 is 11.5 Å². The predicted molar refractivity (Wildman–Crippen MR) is 69.8 cm³/mol. The standard InChI is InChI=1S/C14H14FN3/c15-11-5-4-10-6-7-18(13(10)8-11)9-12-2-1-3-14(16)17-12/h1-5,8H,6-7,9H2,(H2,16,17). The Bertz CT molecular complexity index is 583. The number of halogens is 1. The number of fused-ring (bicyclic) bond motifs is 1. The second kappa shape index (κ2) is 4.29. The summed E-state index contributed by atoms with van der Waals surface area (Å²) in [7, 11) is 0. The summed E-state index contributed by atoms with van der Waals surface area (Å²) in [5, 5.41) is 0. The van der Waals surface area contributed by atoms with E-state index in [1.807, 2.05) is 18.2 Å². The molecule has 4 heteroatoms. The van der Waals surface area contributed by atoms with Gasteiger partial charge in [-0.25, -0.2) is 9.37 Å². The van der Waals surface area contributed by atoms with E-state index in [4.69, 9.17) is 5.73 Å². The van der Waals surface area contributed by atoms with Gasteiger partial charge < -0.3 is 10.6 Å². The zero-order valence-electron chi connectivity index (χ0n) is 9.94. The van der Waals surface area contributed by atoms with Gasteiger partial charge in [0.15, 0.2) is 0 Å². The van der Waals surface area contributed by atoms with E-state index in [9.17, 15) is 4.39 Å². The molecule has 1 aliphatic rings. The van der Waals surface area contributed by atoms with Gasteiger partial charge in [-0.3, -0.25) is 0 Å². The molecule has 1 aromatic carbocycles. The van der Waals surface area contributed by atoms with E-state index in [0.717, 1.165) is 24.3 Å². The Morgan fingerprint density at radius 1 is 1.28 bits per heavy atom. The number of nitrogens with two attached hydrogens (primary N) is 1. The zero-order valence-corrected chi connectivity index (χ0v) is 9.94. The molecular formula is C14H14FN3. The van der Waals surface area contributed by atoms with E-state index < -0.39 is 0 Å². The van der Waals surface area contributed by atoms with Crippen LogP contribution in [0.25, 0.3) is 0 Å². The lowest BCUT2D eigenvalue weighted by Gasteiger charge is -2.19. The summed E-state index contributed by atoms with van der Waals surface area (Å²) in [6.45, 7) is 1.57. The van der Waals surface area contributed by atoms with Gasteiger partial charge in [0.05, 0.1) is 12.2 Å². The molecule has 0 radical (unpaired) electrons. The van der Waals surface area contributed by atoms with Crippen molar-refractivity contribution < 1.29 is 4.39 Å². The Balaban J connectivity index is 1.86. The van der Waals surface area contributed by atoms with Gasteiger partial charge in [0.25, 0.3) is 0 Å². The fourth-order valence-corrected chi connectivity index (χ4v) is 2.36. The van der Waals surface area contributed by atoms with Crippen LogP contribution < -0.4 is 10.6 Å². The van der Waals surface area contributed by atoms with Gasteiger partial charge in [-0.1, -0.05) is 12.1 Å². The lowest BCUT2D eigenvalue weighted by molar-refractivity contribution is 0.627. The van der Waals surface area contributed by atoms with Gasteiger partial charge in [0.2, 0.25) is 0 Å². The first-order valence-electron chi connectivity index (χ1n) is 5.97. The molecule has 92 valence electrons. The van der Waals surface area contributed by atoms with Crippen LogP contribution in [0.1, 0.15) is 11.3 Å². The molecule has 2 heterocycles. The molecule has 2 N–H and O–H groups in total. The highest BCUT2D eigenvalue weighted by molar-refractivity contribution is 5.58. The number of rotatable bonds is 2. The first-order valence-corrected chi connectivity index (χ1v) is 5.97. The highest BCUT2D eigenvalue weighted by Crippen LogP contribution is 2.29. The molecule has 0 amide bonds. The maximum Gasteiger partial charge on any atom is 0.125 e. The Morgan fingerprint density at radius 2 is 2.17 bits per heavy atom. The average Bonchev–Trinajstić information content (AvgIpc) is 2.72. The third-order valence-electron chi connectivity index (χ3n) is 3.22. The third-order valence-corrected chi connectivity index (χ3v) is 3.22. The Hall–Kier alpha value is -2.10. The van der Waals surface area contributed by atoms with E-state index in [2.05, 4.69) is 9.88 Å². The summed E-state index contributed by atoms with van der Waals surface area (Å²) in [5.74, 6) is 0.326. The van der Waals surface area contributed by atoms with E-state index in [1.165, 1.54) is 11.6 Å². The fourth-order valence-electron chi connectivity index (χ4n) is 2.36. The summed E-state index contributed by atoms with van der Waals surface area (Å²) in [6.07, 6.45) is 0.956. The molecule has 3 nitrogen and oxygen atoms in total. The third kappa shape index (κ3) is 2.01. The summed E-state index contributed by atoms with van der Waals surface area (Å²) >= 11 is 0. The maximum atomic E-state index is 13.3. The van der Waals surface area contributed by atoms with Crippen molar-refractivity contribution in [3.05, 3.63) is 53.5 Å². The Morgan fingerprint density at radius 3 is 3.00 bits per heavy atom. The van der Waals surface area contributed by atoms with Gasteiger partial charge in [-0.2, -0.15) is 0 Å². The fraction of sp³-hybridized carbons (Fsp3) is 0.214.